The lowest BCUT2D eigenvalue weighted by Gasteiger charge is -2.12. The van der Waals surface area contributed by atoms with Crippen LogP contribution in [0.25, 0.3) is 0 Å². The molecular formula is C20H20N2O3. The molecule has 2 aromatic carbocycles. The number of rotatable bonds is 7. The van der Waals surface area contributed by atoms with E-state index in [2.05, 4.69) is 16.6 Å². The van der Waals surface area contributed by atoms with Gasteiger partial charge in [-0.05, 0) is 30.2 Å². The predicted molar refractivity (Wildman–Crippen MR) is 97.6 cm³/mol. The molecule has 0 spiro atoms. The molecule has 0 unspecified atom stereocenters. The number of para-hydroxylation sites is 2. The van der Waals surface area contributed by atoms with Crippen molar-refractivity contribution < 1.29 is 14.3 Å². The molecule has 0 fully saturated rings. The van der Waals surface area contributed by atoms with E-state index in [0.29, 0.717) is 17.0 Å². The zero-order valence-corrected chi connectivity index (χ0v) is 14.0. The zero-order valence-electron chi connectivity index (χ0n) is 14.0. The molecule has 2 N–H and O–H groups in total. The molecule has 2 rings (SSSR count). The van der Waals surface area contributed by atoms with Crippen LogP contribution < -0.4 is 15.4 Å². The summed E-state index contributed by atoms with van der Waals surface area (Å²) < 4.78 is 5.59. The summed E-state index contributed by atoms with van der Waals surface area (Å²) in [6.07, 6.45) is 5.96. The Kier molecular flexibility index (Phi) is 6.61. The van der Waals surface area contributed by atoms with Gasteiger partial charge < -0.3 is 15.4 Å². The van der Waals surface area contributed by atoms with Gasteiger partial charge in [-0.15, -0.1) is 6.42 Å². The van der Waals surface area contributed by atoms with Crippen LogP contribution in [-0.2, 0) is 11.2 Å². The molecule has 5 nitrogen and oxygen atoms in total. The first kappa shape index (κ1) is 18.1. The van der Waals surface area contributed by atoms with Gasteiger partial charge in [0.1, 0.15) is 5.75 Å². The van der Waals surface area contributed by atoms with E-state index in [-0.39, 0.29) is 25.0 Å². The average molecular weight is 336 g/mol. The highest BCUT2D eigenvalue weighted by Gasteiger charge is 2.13. The number of aryl methyl sites for hydroxylation is 1. The third-order valence-electron chi connectivity index (χ3n) is 3.51. The molecule has 0 radical (unpaired) electrons. The van der Waals surface area contributed by atoms with Gasteiger partial charge in [0.15, 0.2) is 6.61 Å². The third kappa shape index (κ3) is 5.11. The van der Waals surface area contributed by atoms with Crippen molar-refractivity contribution in [2.24, 2.45) is 0 Å². The molecule has 0 aliphatic carbocycles. The minimum absolute atomic E-state index is 0.123. The van der Waals surface area contributed by atoms with E-state index in [4.69, 9.17) is 11.2 Å². The Morgan fingerprint density at radius 3 is 2.60 bits per heavy atom. The number of ether oxygens (including phenoxy) is 1. The number of hydrogen-bond donors (Lipinski definition) is 2. The second kappa shape index (κ2) is 9.14. The standard InChI is InChI=1S/C20H20N2O3/c1-3-13-21-20(24)16-10-6-7-11-17(16)22-19(23)14-25-18-12-8-5-9-15(18)4-2/h1,5-12H,4,13-14H2,2H3,(H,21,24)(H,22,23). The number of carbonyl (C=O) groups is 2. The summed E-state index contributed by atoms with van der Waals surface area (Å²) in [5, 5.41) is 5.28. The van der Waals surface area contributed by atoms with Crippen LogP contribution in [0.15, 0.2) is 48.5 Å². The van der Waals surface area contributed by atoms with Crippen LogP contribution in [0, 0.1) is 12.3 Å². The lowest BCUT2D eigenvalue weighted by molar-refractivity contribution is -0.118. The van der Waals surface area contributed by atoms with Gasteiger partial charge in [0.2, 0.25) is 0 Å². The number of anilines is 1. The molecule has 0 heterocycles. The van der Waals surface area contributed by atoms with E-state index in [9.17, 15) is 9.59 Å². The van der Waals surface area contributed by atoms with Crippen LogP contribution in [0.4, 0.5) is 5.69 Å². The maximum Gasteiger partial charge on any atom is 0.262 e. The molecule has 0 saturated carbocycles. The van der Waals surface area contributed by atoms with Crippen LogP contribution >= 0.6 is 0 Å². The van der Waals surface area contributed by atoms with Crippen molar-refractivity contribution in [3.63, 3.8) is 0 Å². The van der Waals surface area contributed by atoms with Gasteiger partial charge in [0.05, 0.1) is 17.8 Å². The van der Waals surface area contributed by atoms with Gasteiger partial charge >= 0.3 is 0 Å². The summed E-state index contributed by atoms with van der Waals surface area (Å²) in [5.74, 6) is 2.33. The highest BCUT2D eigenvalue weighted by Crippen LogP contribution is 2.19. The molecule has 25 heavy (non-hydrogen) atoms. The number of nitrogens with one attached hydrogen (secondary N) is 2. The molecule has 2 amide bonds. The first-order valence-corrected chi connectivity index (χ1v) is 7.97. The zero-order chi connectivity index (χ0) is 18.1. The average Bonchev–Trinajstić information content (AvgIpc) is 2.65. The van der Waals surface area contributed by atoms with Crippen molar-refractivity contribution in [1.29, 1.82) is 0 Å². The summed E-state index contributed by atoms with van der Waals surface area (Å²) >= 11 is 0. The Labute approximate surface area is 147 Å². The topological polar surface area (TPSA) is 67.4 Å². The van der Waals surface area contributed by atoms with Crippen LogP contribution in [0.1, 0.15) is 22.8 Å². The first-order chi connectivity index (χ1) is 12.2. The summed E-state index contributed by atoms with van der Waals surface area (Å²) in [7, 11) is 0. The smallest absolute Gasteiger partial charge is 0.262 e. The van der Waals surface area contributed by atoms with Crippen LogP contribution in [-0.4, -0.2) is 25.0 Å². The number of benzene rings is 2. The van der Waals surface area contributed by atoms with E-state index in [1.54, 1.807) is 24.3 Å². The molecule has 0 aliphatic rings. The minimum atomic E-state index is -0.344. The van der Waals surface area contributed by atoms with Crippen molar-refractivity contribution in [1.82, 2.24) is 5.32 Å². The third-order valence-corrected chi connectivity index (χ3v) is 3.51. The van der Waals surface area contributed by atoms with Gasteiger partial charge in [-0.3, -0.25) is 9.59 Å². The van der Waals surface area contributed by atoms with Gasteiger partial charge in [0.25, 0.3) is 11.8 Å². The number of hydrogen-bond acceptors (Lipinski definition) is 3. The lowest BCUT2D eigenvalue weighted by Crippen LogP contribution is -2.26. The Bertz CT molecular complexity index is 794. The molecule has 128 valence electrons. The van der Waals surface area contributed by atoms with Crippen molar-refractivity contribution in [3.05, 3.63) is 59.7 Å². The Hall–Kier alpha value is -3.26. The molecular weight excluding hydrogens is 316 g/mol. The van der Waals surface area contributed by atoms with Crippen molar-refractivity contribution in [2.75, 3.05) is 18.5 Å². The molecule has 5 heteroatoms. The summed E-state index contributed by atoms with van der Waals surface area (Å²) in [4.78, 5) is 24.3. The summed E-state index contributed by atoms with van der Waals surface area (Å²) in [5.41, 5.74) is 1.79. The van der Waals surface area contributed by atoms with E-state index in [0.717, 1.165) is 12.0 Å². The molecule has 0 atom stereocenters. The molecule has 0 aliphatic heterocycles. The fourth-order valence-electron chi connectivity index (χ4n) is 2.28. The summed E-state index contributed by atoms with van der Waals surface area (Å²) in [6, 6.07) is 14.3. The molecule has 0 aromatic heterocycles. The van der Waals surface area contributed by atoms with Gasteiger partial charge in [-0.25, -0.2) is 0 Å². The Morgan fingerprint density at radius 1 is 1.12 bits per heavy atom. The molecule has 2 aromatic rings. The fraction of sp³-hybridized carbons (Fsp3) is 0.200. The Balaban J connectivity index is 2.01. The number of amides is 2. The Morgan fingerprint density at radius 2 is 1.84 bits per heavy atom. The number of terminal acetylenes is 1. The van der Waals surface area contributed by atoms with E-state index >= 15 is 0 Å². The second-order valence-corrected chi connectivity index (χ2v) is 5.23. The highest BCUT2D eigenvalue weighted by atomic mass is 16.5. The lowest BCUT2D eigenvalue weighted by atomic mass is 10.1. The fourth-order valence-corrected chi connectivity index (χ4v) is 2.28. The van der Waals surface area contributed by atoms with Crippen molar-refractivity contribution in [2.45, 2.75) is 13.3 Å². The maximum absolute atomic E-state index is 12.2. The minimum Gasteiger partial charge on any atom is -0.483 e. The van der Waals surface area contributed by atoms with Gasteiger partial charge in [0, 0.05) is 0 Å². The molecule has 0 bridgehead atoms. The van der Waals surface area contributed by atoms with Crippen molar-refractivity contribution in [3.8, 4) is 18.1 Å². The second-order valence-electron chi connectivity index (χ2n) is 5.23. The van der Waals surface area contributed by atoms with E-state index in [1.165, 1.54) is 0 Å². The monoisotopic (exact) mass is 336 g/mol. The SMILES string of the molecule is C#CCNC(=O)c1ccccc1NC(=O)COc1ccccc1CC. The maximum atomic E-state index is 12.2. The predicted octanol–water partition coefficient (Wildman–Crippen LogP) is 2.63. The first-order valence-electron chi connectivity index (χ1n) is 7.97. The van der Waals surface area contributed by atoms with E-state index < -0.39 is 0 Å². The van der Waals surface area contributed by atoms with Crippen LogP contribution in [0.2, 0.25) is 0 Å². The van der Waals surface area contributed by atoms with Crippen molar-refractivity contribution >= 4 is 17.5 Å². The molecule has 0 saturated heterocycles. The van der Waals surface area contributed by atoms with Crippen LogP contribution in [0.5, 0.6) is 5.75 Å². The summed E-state index contributed by atoms with van der Waals surface area (Å²) in [6.45, 7) is 2.00. The number of carbonyl (C=O) groups excluding carboxylic acids is 2. The quantitative estimate of drug-likeness (QED) is 0.764. The largest absolute Gasteiger partial charge is 0.483 e. The highest BCUT2D eigenvalue weighted by molar-refractivity contribution is 6.04. The van der Waals surface area contributed by atoms with E-state index in [1.807, 2.05) is 31.2 Å². The van der Waals surface area contributed by atoms with Gasteiger partial charge in [-0.1, -0.05) is 43.2 Å². The van der Waals surface area contributed by atoms with Crippen LogP contribution in [0.3, 0.4) is 0 Å². The van der Waals surface area contributed by atoms with Gasteiger partial charge in [-0.2, -0.15) is 0 Å². The normalized spacial score (nSPS) is 9.76.